The van der Waals surface area contributed by atoms with Crippen molar-refractivity contribution in [2.45, 2.75) is 44.6 Å². The Labute approximate surface area is 137 Å². The van der Waals surface area contributed by atoms with Crippen LogP contribution in [0.25, 0.3) is 10.9 Å². The van der Waals surface area contributed by atoms with E-state index < -0.39 is 0 Å². The summed E-state index contributed by atoms with van der Waals surface area (Å²) in [6.45, 7) is 3.75. The number of benzene rings is 1. The maximum Gasteiger partial charge on any atom is 0.224 e. The number of H-pyrrole nitrogens is 1. The van der Waals surface area contributed by atoms with Crippen molar-refractivity contribution in [3.8, 4) is 0 Å². The first-order chi connectivity index (χ1) is 11.3. The summed E-state index contributed by atoms with van der Waals surface area (Å²) in [7, 11) is 0. The average Bonchev–Trinajstić information content (AvgIpc) is 2.99. The summed E-state index contributed by atoms with van der Waals surface area (Å²) < 4.78 is 0. The van der Waals surface area contributed by atoms with E-state index in [1.807, 2.05) is 0 Å². The summed E-state index contributed by atoms with van der Waals surface area (Å²) in [6, 6.07) is 6.98. The molecule has 2 aliphatic rings. The van der Waals surface area contributed by atoms with Gasteiger partial charge in [-0.25, -0.2) is 0 Å². The third-order valence-electron chi connectivity index (χ3n) is 5.51. The third kappa shape index (κ3) is 2.55. The molecule has 2 unspecified atom stereocenters. The molecule has 122 valence electrons. The number of nitrogens with one attached hydrogen (secondary N) is 3. The monoisotopic (exact) mass is 311 g/mol. The molecule has 2 aromatic rings. The SMILES string of the molecule is CCCCNC(=O)C1CN[C@@H]2Cc3c[nH]c4cccc(c34)C2C1. The van der Waals surface area contributed by atoms with Crippen LogP contribution in [0, 0.1) is 5.92 Å². The largest absolute Gasteiger partial charge is 0.361 e. The summed E-state index contributed by atoms with van der Waals surface area (Å²) in [6.07, 6.45) is 6.34. The Kier molecular flexibility index (Phi) is 3.85. The Balaban J connectivity index is 1.56. The lowest BCUT2D eigenvalue weighted by molar-refractivity contribution is -0.125. The van der Waals surface area contributed by atoms with E-state index in [1.54, 1.807) is 0 Å². The lowest BCUT2D eigenvalue weighted by atomic mass is 9.73. The first-order valence-electron chi connectivity index (χ1n) is 8.88. The van der Waals surface area contributed by atoms with Crippen LogP contribution in [0.3, 0.4) is 0 Å². The molecule has 23 heavy (non-hydrogen) atoms. The number of carbonyl (C=O) groups is 1. The topological polar surface area (TPSA) is 56.9 Å². The van der Waals surface area contributed by atoms with E-state index in [4.69, 9.17) is 0 Å². The van der Waals surface area contributed by atoms with Crippen molar-refractivity contribution in [3.05, 3.63) is 35.5 Å². The lowest BCUT2D eigenvalue weighted by Crippen LogP contribution is -2.50. The van der Waals surface area contributed by atoms with Crippen LogP contribution < -0.4 is 10.6 Å². The van der Waals surface area contributed by atoms with E-state index in [0.717, 1.165) is 38.8 Å². The second-order valence-corrected chi connectivity index (χ2v) is 6.99. The number of carbonyl (C=O) groups excluding carboxylic acids is 1. The Morgan fingerprint density at radius 2 is 2.30 bits per heavy atom. The zero-order valence-electron chi connectivity index (χ0n) is 13.7. The fourth-order valence-corrected chi connectivity index (χ4v) is 4.27. The second-order valence-electron chi connectivity index (χ2n) is 6.99. The van der Waals surface area contributed by atoms with E-state index in [9.17, 15) is 4.79 Å². The number of hydrogen-bond acceptors (Lipinski definition) is 2. The van der Waals surface area contributed by atoms with Crippen LogP contribution in [-0.4, -0.2) is 30.0 Å². The molecule has 1 aromatic carbocycles. The van der Waals surface area contributed by atoms with Crippen LogP contribution in [0.15, 0.2) is 24.4 Å². The van der Waals surface area contributed by atoms with Crippen LogP contribution in [0.2, 0.25) is 0 Å². The highest BCUT2D eigenvalue weighted by atomic mass is 16.1. The van der Waals surface area contributed by atoms with Gasteiger partial charge in [-0.2, -0.15) is 0 Å². The van der Waals surface area contributed by atoms with Crippen molar-refractivity contribution in [1.29, 1.82) is 0 Å². The smallest absolute Gasteiger partial charge is 0.224 e. The molecule has 4 heteroatoms. The zero-order valence-corrected chi connectivity index (χ0v) is 13.7. The minimum atomic E-state index is 0.0869. The van der Waals surface area contributed by atoms with Crippen molar-refractivity contribution in [2.24, 2.45) is 5.92 Å². The molecule has 0 spiro atoms. The molecule has 0 bridgehead atoms. The van der Waals surface area contributed by atoms with Crippen LogP contribution in [0.5, 0.6) is 0 Å². The molecule has 3 N–H and O–H groups in total. The van der Waals surface area contributed by atoms with Gasteiger partial charge in [-0.15, -0.1) is 0 Å². The Bertz CT molecular complexity index is 720. The molecule has 4 nitrogen and oxygen atoms in total. The highest BCUT2D eigenvalue weighted by molar-refractivity contribution is 5.88. The number of rotatable bonds is 4. The summed E-state index contributed by atoms with van der Waals surface area (Å²) >= 11 is 0. The maximum absolute atomic E-state index is 12.4. The minimum absolute atomic E-state index is 0.0869. The molecule has 4 rings (SSSR count). The molecular weight excluding hydrogens is 286 g/mol. The molecule has 2 heterocycles. The van der Waals surface area contributed by atoms with E-state index in [1.165, 1.54) is 22.0 Å². The minimum Gasteiger partial charge on any atom is -0.361 e. The van der Waals surface area contributed by atoms with Gasteiger partial charge in [0, 0.05) is 42.1 Å². The van der Waals surface area contributed by atoms with Gasteiger partial charge in [0.2, 0.25) is 5.91 Å². The van der Waals surface area contributed by atoms with Gasteiger partial charge in [0.05, 0.1) is 5.92 Å². The van der Waals surface area contributed by atoms with Crippen molar-refractivity contribution in [3.63, 3.8) is 0 Å². The van der Waals surface area contributed by atoms with Crippen molar-refractivity contribution < 1.29 is 4.79 Å². The summed E-state index contributed by atoms with van der Waals surface area (Å²) in [4.78, 5) is 15.8. The van der Waals surface area contributed by atoms with Gasteiger partial charge in [-0.05, 0) is 36.5 Å². The quantitative estimate of drug-likeness (QED) is 0.760. The summed E-state index contributed by atoms with van der Waals surface area (Å²) in [5.74, 6) is 0.748. The van der Waals surface area contributed by atoms with Gasteiger partial charge in [0.25, 0.3) is 0 Å². The molecule has 3 atom stereocenters. The lowest BCUT2D eigenvalue weighted by Gasteiger charge is -2.39. The highest BCUT2D eigenvalue weighted by Gasteiger charge is 2.38. The Morgan fingerprint density at radius 3 is 3.17 bits per heavy atom. The molecule has 1 saturated heterocycles. The predicted molar refractivity (Wildman–Crippen MR) is 92.6 cm³/mol. The van der Waals surface area contributed by atoms with Crippen LogP contribution in [0.4, 0.5) is 0 Å². The van der Waals surface area contributed by atoms with Crippen molar-refractivity contribution in [1.82, 2.24) is 15.6 Å². The number of unbranched alkanes of at least 4 members (excludes halogenated alkanes) is 1. The number of aromatic amines is 1. The van der Waals surface area contributed by atoms with Crippen LogP contribution >= 0.6 is 0 Å². The van der Waals surface area contributed by atoms with Crippen molar-refractivity contribution >= 4 is 16.8 Å². The van der Waals surface area contributed by atoms with E-state index in [-0.39, 0.29) is 11.8 Å². The first kappa shape index (κ1) is 14.8. The van der Waals surface area contributed by atoms with Gasteiger partial charge in [0.15, 0.2) is 0 Å². The van der Waals surface area contributed by atoms with E-state index >= 15 is 0 Å². The number of aromatic nitrogens is 1. The van der Waals surface area contributed by atoms with E-state index in [2.05, 4.69) is 46.9 Å². The standard InChI is InChI=1S/C19H25N3O/c1-2-3-7-20-19(23)13-8-15-14-5-4-6-16-18(14)12(10-21-16)9-17(15)22-11-13/h4-6,10,13,15,17,21-22H,2-3,7-9,11H2,1H3,(H,20,23)/t13?,15?,17-/m1/s1. The van der Waals surface area contributed by atoms with Crippen LogP contribution in [-0.2, 0) is 11.2 Å². The Morgan fingerprint density at radius 1 is 1.39 bits per heavy atom. The predicted octanol–water partition coefficient (Wildman–Crippen LogP) is 2.70. The zero-order chi connectivity index (χ0) is 15.8. The van der Waals surface area contributed by atoms with Gasteiger partial charge in [-0.1, -0.05) is 25.5 Å². The molecule has 0 saturated carbocycles. The van der Waals surface area contributed by atoms with E-state index in [0.29, 0.717) is 12.0 Å². The average molecular weight is 311 g/mol. The molecule has 1 fully saturated rings. The van der Waals surface area contributed by atoms with Gasteiger partial charge in [-0.3, -0.25) is 4.79 Å². The number of fused-ring (bicyclic) bond motifs is 2. The maximum atomic E-state index is 12.4. The number of hydrogen-bond donors (Lipinski definition) is 3. The summed E-state index contributed by atoms with van der Waals surface area (Å²) in [5, 5.41) is 8.14. The summed E-state index contributed by atoms with van der Waals surface area (Å²) in [5.41, 5.74) is 4.05. The normalized spacial score (nSPS) is 26.0. The first-order valence-corrected chi connectivity index (χ1v) is 8.88. The van der Waals surface area contributed by atoms with Gasteiger partial charge >= 0.3 is 0 Å². The molecular formula is C19H25N3O. The number of piperidine rings is 1. The van der Waals surface area contributed by atoms with Gasteiger partial charge < -0.3 is 15.6 Å². The molecule has 1 aliphatic carbocycles. The second kappa shape index (κ2) is 6.00. The molecule has 0 radical (unpaired) electrons. The fourth-order valence-electron chi connectivity index (χ4n) is 4.27. The fraction of sp³-hybridized carbons (Fsp3) is 0.526. The third-order valence-corrected chi connectivity index (χ3v) is 5.51. The molecule has 1 aliphatic heterocycles. The van der Waals surface area contributed by atoms with Crippen LogP contribution in [0.1, 0.15) is 43.2 Å². The molecule has 1 amide bonds. The Hall–Kier alpha value is -1.81. The molecule has 1 aromatic heterocycles. The highest BCUT2D eigenvalue weighted by Crippen LogP contribution is 2.41. The van der Waals surface area contributed by atoms with Gasteiger partial charge in [0.1, 0.15) is 0 Å². The number of amides is 1. The van der Waals surface area contributed by atoms with Crippen molar-refractivity contribution in [2.75, 3.05) is 13.1 Å².